The predicted octanol–water partition coefficient (Wildman–Crippen LogP) is 0.971. The van der Waals surface area contributed by atoms with Gasteiger partial charge in [0.15, 0.2) is 0 Å². The molecule has 0 saturated heterocycles. The number of hydrogen-bond acceptors (Lipinski definition) is 5. The number of nitrogens with zero attached hydrogens (tertiary/aromatic N) is 1. The van der Waals surface area contributed by atoms with E-state index in [0.29, 0.717) is 13.1 Å². The molecule has 0 aliphatic rings. The molecule has 18 heavy (non-hydrogen) atoms. The highest BCUT2D eigenvalue weighted by atomic mass is 32.1. The summed E-state index contributed by atoms with van der Waals surface area (Å²) in [6.45, 7) is 2.26. The molecule has 2 heterocycles. The van der Waals surface area contributed by atoms with Gasteiger partial charge in [-0.15, -0.1) is 11.3 Å². The number of aliphatic hydroxyl groups excluding tert-OH is 1. The van der Waals surface area contributed by atoms with Crippen LogP contribution < -0.4 is 5.32 Å². The lowest BCUT2D eigenvalue weighted by Gasteiger charge is -2.20. The van der Waals surface area contributed by atoms with Gasteiger partial charge in [0.05, 0.1) is 29.0 Å². The highest BCUT2D eigenvalue weighted by molar-refractivity contribution is 7.13. The van der Waals surface area contributed by atoms with E-state index in [-0.39, 0.29) is 6.61 Å². The Bertz CT molecular complexity index is 479. The topological polar surface area (TPSA) is 81.2 Å². The fourth-order valence-electron chi connectivity index (χ4n) is 1.60. The van der Waals surface area contributed by atoms with Crippen LogP contribution in [0, 0.1) is 0 Å². The number of aliphatic hydroxyl groups is 2. The van der Waals surface area contributed by atoms with E-state index in [1.165, 1.54) is 0 Å². The van der Waals surface area contributed by atoms with Crippen molar-refractivity contribution >= 4 is 11.3 Å². The van der Waals surface area contributed by atoms with Gasteiger partial charge in [0, 0.05) is 18.7 Å². The molecule has 0 fully saturated rings. The van der Waals surface area contributed by atoms with Crippen LogP contribution in [0.15, 0.2) is 23.7 Å². The monoisotopic (exact) mass is 267 g/mol. The largest absolute Gasteiger partial charge is 0.393 e. The van der Waals surface area contributed by atoms with Crippen LogP contribution in [0.1, 0.15) is 12.5 Å². The molecule has 0 spiro atoms. The summed E-state index contributed by atoms with van der Waals surface area (Å²) in [4.78, 5) is 1.14. The van der Waals surface area contributed by atoms with Crippen molar-refractivity contribution in [1.82, 2.24) is 15.5 Å². The van der Waals surface area contributed by atoms with E-state index in [1.807, 2.05) is 17.5 Å². The minimum atomic E-state index is -1.09. The van der Waals surface area contributed by atoms with Crippen LogP contribution in [0.4, 0.5) is 0 Å². The summed E-state index contributed by atoms with van der Waals surface area (Å²) < 4.78 is 0. The van der Waals surface area contributed by atoms with E-state index in [4.69, 9.17) is 5.11 Å². The van der Waals surface area contributed by atoms with Crippen molar-refractivity contribution in [2.75, 3.05) is 13.2 Å². The van der Waals surface area contributed by atoms with Crippen molar-refractivity contribution in [1.29, 1.82) is 0 Å². The average molecular weight is 267 g/mol. The molecule has 0 saturated carbocycles. The van der Waals surface area contributed by atoms with Crippen LogP contribution in [0.2, 0.25) is 0 Å². The summed E-state index contributed by atoms with van der Waals surface area (Å²) in [5, 5.41) is 30.8. The van der Waals surface area contributed by atoms with Gasteiger partial charge in [-0.05, 0) is 18.4 Å². The maximum Gasteiger partial charge on any atom is 0.0972 e. The summed E-state index contributed by atoms with van der Waals surface area (Å²) in [6.07, 6.45) is 1.77. The van der Waals surface area contributed by atoms with Crippen molar-refractivity contribution in [3.63, 3.8) is 0 Å². The molecule has 6 heteroatoms. The van der Waals surface area contributed by atoms with E-state index in [0.717, 1.165) is 16.1 Å². The van der Waals surface area contributed by atoms with E-state index in [2.05, 4.69) is 15.5 Å². The van der Waals surface area contributed by atoms with Crippen LogP contribution in [-0.4, -0.2) is 39.2 Å². The van der Waals surface area contributed by atoms with Crippen molar-refractivity contribution < 1.29 is 10.2 Å². The third-order valence-corrected chi connectivity index (χ3v) is 3.53. The molecule has 98 valence electrons. The first-order chi connectivity index (χ1) is 8.62. The molecular weight excluding hydrogens is 250 g/mol. The zero-order valence-electron chi connectivity index (χ0n) is 10.2. The molecule has 2 aromatic heterocycles. The van der Waals surface area contributed by atoms with Crippen molar-refractivity contribution in [2.24, 2.45) is 0 Å². The lowest BCUT2D eigenvalue weighted by Crippen LogP contribution is -2.40. The van der Waals surface area contributed by atoms with Crippen molar-refractivity contribution in [3.8, 4) is 10.6 Å². The number of aromatic amines is 1. The van der Waals surface area contributed by atoms with Crippen LogP contribution in [-0.2, 0) is 6.54 Å². The summed E-state index contributed by atoms with van der Waals surface area (Å²) in [5.74, 6) is 0. The van der Waals surface area contributed by atoms with E-state index in [9.17, 15) is 5.11 Å². The number of hydrogen-bond donors (Lipinski definition) is 4. The Labute approximate surface area is 109 Å². The van der Waals surface area contributed by atoms with Crippen LogP contribution in [0.3, 0.4) is 0 Å². The zero-order chi connectivity index (χ0) is 13.0. The molecule has 5 nitrogen and oxygen atoms in total. The summed E-state index contributed by atoms with van der Waals surface area (Å²) in [6, 6.07) is 4.03. The Morgan fingerprint density at radius 2 is 2.39 bits per heavy atom. The molecule has 4 N–H and O–H groups in total. The van der Waals surface area contributed by atoms with Crippen molar-refractivity contribution in [2.45, 2.75) is 19.1 Å². The van der Waals surface area contributed by atoms with Gasteiger partial charge < -0.3 is 15.5 Å². The van der Waals surface area contributed by atoms with Crippen LogP contribution in [0.5, 0.6) is 0 Å². The molecule has 1 unspecified atom stereocenters. The SMILES string of the molecule is CC(O)(CO)CNCc1cn[nH]c1-c1cccs1. The third-order valence-electron chi connectivity index (χ3n) is 2.65. The molecule has 0 aromatic carbocycles. The van der Waals surface area contributed by atoms with Gasteiger partial charge in [-0.2, -0.15) is 5.10 Å². The molecule has 0 radical (unpaired) electrons. The van der Waals surface area contributed by atoms with E-state index in [1.54, 1.807) is 24.5 Å². The second-order valence-corrected chi connectivity index (χ2v) is 5.45. The standard InChI is InChI=1S/C12H17N3O2S/c1-12(17,8-16)7-13-5-9-6-14-15-11(9)10-3-2-4-18-10/h2-4,6,13,16-17H,5,7-8H2,1H3,(H,14,15). The highest BCUT2D eigenvalue weighted by Gasteiger charge is 2.18. The molecule has 0 aliphatic carbocycles. The van der Waals surface area contributed by atoms with Gasteiger partial charge in [-0.1, -0.05) is 6.07 Å². The van der Waals surface area contributed by atoms with Crippen LogP contribution >= 0.6 is 11.3 Å². The second-order valence-electron chi connectivity index (χ2n) is 4.51. The highest BCUT2D eigenvalue weighted by Crippen LogP contribution is 2.25. The first-order valence-electron chi connectivity index (χ1n) is 5.72. The summed E-state index contributed by atoms with van der Waals surface area (Å²) in [5.41, 5.74) is 0.958. The lowest BCUT2D eigenvalue weighted by atomic mass is 10.1. The third kappa shape index (κ3) is 3.17. The molecule has 1 atom stereocenters. The average Bonchev–Trinajstić information content (AvgIpc) is 2.98. The summed E-state index contributed by atoms with van der Waals surface area (Å²) in [7, 11) is 0. The van der Waals surface area contributed by atoms with Gasteiger partial charge in [0.25, 0.3) is 0 Å². The number of thiophene rings is 1. The van der Waals surface area contributed by atoms with Gasteiger partial charge in [0.2, 0.25) is 0 Å². The van der Waals surface area contributed by atoms with Crippen LogP contribution in [0.25, 0.3) is 10.6 Å². The second kappa shape index (κ2) is 5.62. The quantitative estimate of drug-likeness (QED) is 0.629. The number of aromatic nitrogens is 2. The zero-order valence-corrected chi connectivity index (χ0v) is 11.0. The lowest BCUT2D eigenvalue weighted by molar-refractivity contribution is 0.00254. The molecule has 0 bridgehead atoms. The first kappa shape index (κ1) is 13.2. The number of rotatable bonds is 6. The minimum absolute atomic E-state index is 0.261. The maximum atomic E-state index is 9.67. The Hall–Kier alpha value is -1.21. The van der Waals surface area contributed by atoms with Crippen molar-refractivity contribution in [3.05, 3.63) is 29.3 Å². The first-order valence-corrected chi connectivity index (χ1v) is 6.60. The molecule has 0 aliphatic heterocycles. The van der Waals surface area contributed by atoms with Gasteiger partial charge in [0.1, 0.15) is 0 Å². The molecular formula is C12H17N3O2S. The maximum absolute atomic E-state index is 9.67. The Balaban J connectivity index is 1.97. The van der Waals surface area contributed by atoms with E-state index < -0.39 is 5.60 Å². The minimum Gasteiger partial charge on any atom is -0.393 e. The Morgan fingerprint density at radius 1 is 1.56 bits per heavy atom. The Kier molecular flexibility index (Phi) is 4.13. The van der Waals surface area contributed by atoms with Gasteiger partial charge >= 0.3 is 0 Å². The molecule has 0 amide bonds. The fraction of sp³-hybridized carbons (Fsp3) is 0.417. The normalized spacial score (nSPS) is 14.6. The predicted molar refractivity (Wildman–Crippen MR) is 71.3 cm³/mol. The fourth-order valence-corrected chi connectivity index (χ4v) is 2.36. The van der Waals surface area contributed by atoms with E-state index >= 15 is 0 Å². The van der Waals surface area contributed by atoms with Gasteiger partial charge in [-0.3, -0.25) is 5.10 Å². The number of nitrogens with one attached hydrogen (secondary N) is 2. The molecule has 2 aromatic rings. The number of H-pyrrole nitrogens is 1. The smallest absolute Gasteiger partial charge is 0.0972 e. The van der Waals surface area contributed by atoms with Gasteiger partial charge in [-0.25, -0.2) is 0 Å². The summed E-state index contributed by atoms with van der Waals surface area (Å²) >= 11 is 1.65. The molecule has 2 rings (SSSR count). The Morgan fingerprint density at radius 3 is 3.06 bits per heavy atom.